The van der Waals surface area contributed by atoms with Crippen molar-refractivity contribution in [2.75, 3.05) is 24.4 Å². The molecule has 0 unspecified atom stereocenters. The summed E-state index contributed by atoms with van der Waals surface area (Å²) in [6.07, 6.45) is 0. The van der Waals surface area contributed by atoms with Crippen LogP contribution in [0.4, 0.5) is 11.4 Å². The second-order valence-electron chi connectivity index (χ2n) is 7.69. The highest BCUT2D eigenvalue weighted by molar-refractivity contribution is 6.46. The van der Waals surface area contributed by atoms with E-state index in [1.54, 1.807) is 55.6 Å². The summed E-state index contributed by atoms with van der Waals surface area (Å²) in [5.41, 5.74) is 4.03. The summed E-state index contributed by atoms with van der Waals surface area (Å²) >= 11 is 6.27. The summed E-state index contributed by atoms with van der Waals surface area (Å²) < 4.78 is 10.4. The molecule has 1 heterocycles. The fourth-order valence-electron chi connectivity index (χ4n) is 3.83. The van der Waals surface area contributed by atoms with Crippen LogP contribution in [0.1, 0.15) is 16.7 Å². The molecular formula is C26H23ClN2O4. The van der Waals surface area contributed by atoms with Crippen LogP contribution in [0, 0.1) is 13.8 Å². The van der Waals surface area contributed by atoms with Crippen molar-refractivity contribution in [2.24, 2.45) is 0 Å². The number of methoxy groups -OCH3 is 2. The number of carbonyl (C=O) groups excluding carboxylic acids is 2. The number of aryl methyl sites for hydroxylation is 2. The van der Waals surface area contributed by atoms with E-state index < -0.39 is 11.8 Å². The summed E-state index contributed by atoms with van der Waals surface area (Å²) in [6, 6.07) is 17.7. The predicted molar refractivity (Wildman–Crippen MR) is 130 cm³/mol. The van der Waals surface area contributed by atoms with E-state index in [1.807, 2.05) is 26.0 Å². The monoisotopic (exact) mass is 462 g/mol. The van der Waals surface area contributed by atoms with Gasteiger partial charge < -0.3 is 14.8 Å². The lowest BCUT2D eigenvalue weighted by atomic mass is 10.0. The first-order chi connectivity index (χ1) is 15.8. The van der Waals surface area contributed by atoms with Crippen LogP contribution in [0.5, 0.6) is 11.5 Å². The van der Waals surface area contributed by atoms with Gasteiger partial charge >= 0.3 is 0 Å². The third-order valence-corrected chi connectivity index (χ3v) is 5.77. The number of rotatable bonds is 6. The number of benzene rings is 3. The summed E-state index contributed by atoms with van der Waals surface area (Å²) in [4.78, 5) is 28.4. The number of nitrogens with one attached hydrogen (secondary N) is 1. The largest absolute Gasteiger partial charge is 0.497 e. The molecule has 1 aliphatic rings. The lowest BCUT2D eigenvalue weighted by Gasteiger charge is -2.18. The standard InChI is InChI=1S/C26H23ClN2O4/c1-15-5-11-21(16(2)13-15)29-25(30)23(17-6-9-19(32-3)10-7-17)24(26(29)31)28-18-8-12-22(33-4)20(27)14-18/h5-14,28H,1-4H3. The van der Waals surface area contributed by atoms with E-state index >= 15 is 0 Å². The van der Waals surface area contributed by atoms with Gasteiger partial charge in [-0.3, -0.25) is 9.59 Å². The Kier molecular flexibility index (Phi) is 6.11. The number of imide groups is 1. The fraction of sp³-hybridized carbons (Fsp3) is 0.154. The molecule has 0 saturated heterocycles. The molecule has 2 amide bonds. The zero-order valence-corrected chi connectivity index (χ0v) is 19.5. The van der Waals surface area contributed by atoms with Crippen molar-refractivity contribution in [1.82, 2.24) is 0 Å². The van der Waals surface area contributed by atoms with E-state index in [0.29, 0.717) is 33.5 Å². The Morgan fingerprint density at radius 3 is 2.18 bits per heavy atom. The third-order valence-electron chi connectivity index (χ3n) is 5.48. The van der Waals surface area contributed by atoms with Crippen molar-refractivity contribution in [3.8, 4) is 11.5 Å². The SMILES string of the molecule is COc1ccc(C2=C(Nc3ccc(OC)c(Cl)c3)C(=O)N(c3ccc(C)cc3C)C2=O)cc1. The molecule has 0 fully saturated rings. The average Bonchev–Trinajstić information content (AvgIpc) is 3.03. The highest BCUT2D eigenvalue weighted by atomic mass is 35.5. The van der Waals surface area contributed by atoms with Gasteiger partial charge in [-0.25, -0.2) is 4.90 Å². The summed E-state index contributed by atoms with van der Waals surface area (Å²) in [5, 5.41) is 3.50. The van der Waals surface area contributed by atoms with E-state index in [4.69, 9.17) is 21.1 Å². The van der Waals surface area contributed by atoms with E-state index in [2.05, 4.69) is 5.32 Å². The van der Waals surface area contributed by atoms with E-state index in [-0.39, 0.29) is 11.3 Å². The van der Waals surface area contributed by atoms with Crippen molar-refractivity contribution in [3.05, 3.63) is 88.1 Å². The number of nitrogens with zero attached hydrogens (tertiary/aromatic N) is 1. The quantitative estimate of drug-likeness (QED) is 0.499. The van der Waals surface area contributed by atoms with Crippen LogP contribution in [-0.4, -0.2) is 26.0 Å². The molecule has 168 valence electrons. The molecule has 1 N–H and O–H groups in total. The molecule has 0 bridgehead atoms. The molecule has 0 spiro atoms. The van der Waals surface area contributed by atoms with Crippen molar-refractivity contribution >= 4 is 40.4 Å². The zero-order chi connectivity index (χ0) is 23.7. The minimum Gasteiger partial charge on any atom is -0.497 e. The van der Waals surface area contributed by atoms with Gasteiger partial charge in [-0.1, -0.05) is 41.4 Å². The maximum atomic E-state index is 13.6. The Hall–Kier alpha value is -3.77. The van der Waals surface area contributed by atoms with Gasteiger partial charge in [-0.2, -0.15) is 0 Å². The molecule has 6 nitrogen and oxygen atoms in total. The Balaban J connectivity index is 1.82. The van der Waals surface area contributed by atoms with E-state index in [1.165, 1.54) is 12.0 Å². The van der Waals surface area contributed by atoms with E-state index in [9.17, 15) is 9.59 Å². The molecular weight excluding hydrogens is 440 g/mol. The summed E-state index contributed by atoms with van der Waals surface area (Å²) in [5.74, 6) is 0.319. The van der Waals surface area contributed by atoms with Crippen molar-refractivity contribution in [1.29, 1.82) is 0 Å². The minimum absolute atomic E-state index is 0.173. The zero-order valence-electron chi connectivity index (χ0n) is 18.7. The van der Waals surface area contributed by atoms with Crippen molar-refractivity contribution in [3.63, 3.8) is 0 Å². The summed E-state index contributed by atoms with van der Waals surface area (Å²) in [7, 11) is 3.10. The maximum absolute atomic E-state index is 13.6. The minimum atomic E-state index is -0.440. The highest BCUT2D eigenvalue weighted by Gasteiger charge is 2.40. The van der Waals surface area contributed by atoms with Gasteiger partial charge in [0.15, 0.2) is 0 Å². The number of halogens is 1. The Morgan fingerprint density at radius 1 is 0.848 bits per heavy atom. The molecule has 3 aromatic carbocycles. The van der Waals surface area contributed by atoms with Gasteiger partial charge in [0, 0.05) is 5.69 Å². The predicted octanol–water partition coefficient (Wildman–Crippen LogP) is 5.37. The highest BCUT2D eigenvalue weighted by Crippen LogP contribution is 2.36. The van der Waals surface area contributed by atoms with Crippen LogP contribution in [-0.2, 0) is 9.59 Å². The lowest BCUT2D eigenvalue weighted by Crippen LogP contribution is -2.33. The average molecular weight is 463 g/mol. The second kappa shape index (κ2) is 9.00. The molecule has 33 heavy (non-hydrogen) atoms. The normalized spacial score (nSPS) is 13.5. The van der Waals surface area contributed by atoms with Gasteiger partial charge in [0.1, 0.15) is 17.2 Å². The second-order valence-corrected chi connectivity index (χ2v) is 8.10. The maximum Gasteiger partial charge on any atom is 0.282 e. The van der Waals surface area contributed by atoms with Crippen LogP contribution in [0.15, 0.2) is 66.4 Å². The van der Waals surface area contributed by atoms with Crippen LogP contribution in [0.25, 0.3) is 5.57 Å². The summed E-state index contributed by atoms with van der Waals surface area (Å²) in [6.45, 7) is 3.84. The molecule has 1 aliphatic heterocycles. The Bertz CT molecular complexity index is 1280. The van der Waals surface area contributed by atoms with Crippen molar-refractivity contribution < 1.29 is 19.1 Å². The first-order valence-electron chi connectivity index (χ1n) is 10.3. The molecule has 3 aromatic rings. The number of carbonyl (C=O) groups is 2. The van der Waals surface area contributed by atoms with Gasteiger partial charge in [0.25, 0.3) is 11.8 Å². The number of anilines is 2. The molecule has 0 radical (unpaired) electrons. The molecule has 0 atom stereocenters. The van der Waals surface area contributed by atoms with Crippen LogP contribution in [0.2, 0.25) is 5.02 Å². The van der Waals surface area contributed by atoms with Crippen LogP contribution >= 0.6 is 11.6 Å². The molecule has 0 aromatic heterocycles. The topological polar surface area (TPSA) is 67.9 Å². The van der Waals surface area contributed by atoms with Gasteiger partial charge in [0.2, 0.25) is 0 Å². The fourth-order valence-corrected chi connectivity index (χ4v) is 4.09. The van der Waals surface area contributed by atoms with Crippen LogP contribution < -0.4 is 19.7 Å². The molecule has 4 rings (SSSR count). The number of amides is 2. The first-order valence-corrected chi connectivity index (χ1v) is 10.7. The Labute approximate surface area is 197 Å². The number of hydrogen-bond donors (Lipinski definition) is 1. The Morgan fingerprint density at radius 2 is 1.58 bits per heavy atom. The molecule has 7 heteroatoms. The lowest BCUT2D eigenvalue weighted by molar-refractivity contribution is -0.120. The smallest absolute Gasteiger partial charge is 0.282 e. The first kappa shape index (κ1) is 22.4. The van der Waals surface area contributed by atoms with Gasteiger partial charge in [0.05, 0.1) is 30.5 Å². The number of hydrogen-bond acceptors (Lipinski definition) is 5. The third kappa shape index (κ3) is 4.17. The number of ether oxygens (including phenoxy) is 2. The van der Waals surface area contributed by atoms with Gasteiger partial charge in [-0.15, -0.1) is 0 Å². The molecule has 0 saturated carbocycles. The molecule has 0 aliphatic carbocycles. The van der Waals surface area contributed by atoms with Gasteiger partial charge in [-0.05, 0) is 61.4 Å². The van der Waals surface area contributed by atoms with Crippen LogP contribution in [0.3, 0.4) is 0 Å². The van der Waals surface area contributed by atoms with Crippen molar-refractivity contribution in [2.45, 2.75) is 13.8 Å². The van der Waals surface area contributed by atoms with E-state index in [0.717, 1.165) is 11.1 Å².